The molecule has 0 saturated carbocycles. The van der Waals surface area contributed by atoms with Crippen LogP contribution in [-0.4, -0.2) is 60.6 Å². The highest BCUT2D eigenvalue weighted by molar-refractivity contribution is 7.86. The Morgan fingerprint density at radius 1 is 1.38 bits per heavy atom. The molecule has 10 nitrogen and oxygen atoms in total. The first kappa shape index (κ1) is 21.6. The van der Waals surface area contributed by atoms with E-state index in [1.165, 1.54) is 16.4 Å². The number of ether oxygens (including phenoxy) is 2. The molecule has 0 aliphatic carbocycles. The number of fused-ring (bicyclic) bond motifs is 2. The zero-order chi connectivity index (χ0) is 21.8. The SMILES string of the molecule is Cc1nc2n(c(=O)c1OS(C)(=O)=O)CC1CCC2(N(C)C(=O)OC(C)(C)C)CO1. The summed E-state index contributed by atoms with van der Waals surface area (Å²) in [6.45, 7) is 7.17. The van der Waals surface area contributed by atoms with E-state index in [1.807, 2.05) is 0 Å². The molecular weight excluding hydrogens is 402 g/mol. The molecular formula is C18H27N3O7S. The minimum atomic E-state index is -3.90. The zero-order valence-electron chi connectivity index (χ0n) is 17.5. The second-order valence-electron chi connectivity index (χ2n) is 8.60. The van der Waals surface area contributed by atoms with Gasteiger partial charge in [-0.05, 0) is 40.5 Å². The summed E-state index contributed by atoms with van der Waals surface area (Å²) in [5.74, 6) is 0.00170. The highest BCUT2D eigenvalue weighted by Crippen LogP contribution is 2.40. The smallest absolute Gasteiger partial charge is 0.410 e. The minimum absolute atomic E-state index is 0.133. The number of carbonyl (C=O) groups excluding carboxylic acids is 1. The van der Waals surface area contributed by atoms with Gasteiger partial charge in [-0.2, -0.15) is 8.42 Å². The van der Waals surface area contributed by atoms with Gasteiger partial charge < -0.3 is 13.7 Å². The number of hydrogen-bond acceptors (Lipinski definition) is 8. The summed E-state index contributed by atoms with van der Waals surface area (Å²) in [5, 5.41) is 0. The number of aromatic nitrogens is 2. The van der Waals surface area contributed by atoms with Crippen molar-refractivity contribution in [1.82, 2.24) is 14.5 Å². The highest BCUT2D eigenvalue weighted by atomic mass is 32.2. The summed E-state index contributed by atoms with van der Waals surface area (Å²) >= 11 is 0. The van der Waals surface area contributed by atoms with Gasteiger partial charge in [0.15, 0.2) is 0 Å². The average molecular weight is 429 g/mol. The maximum Gasteiger partial charge on any atom is 0.410 e. The van der Waals surface area contributed by atoms with Crippen molar-refractivity contribution < 1.29 is 26.9 Å². The molecule has 162 valence electrons. The number of aryl methyl sites for hydroxylation is 1. The summed E-state index contributed by atoms with van der Waals surface area (Å²) in [6.07, 6.45) is 1.20. The van der Waals surface area contributed by atoms with Gasteiger partial charge in [0.1, 0.15) is 17.0 Å². The average Bonchev–Trinajstić information content (AvgIpc) is 2.83. The second-order valence-corrected chi connectivity index (χ2v) is 10.2. The maximum absolute atomic E-state index is 13.1. The Hall–Kier alpha value is -2.14. The molecule has 2 atom stereocenters. The van der Waals surface area contributed by atoms with Crippen LogP contribution in [0, 0.1) is 6.92 Å². The molecule has 0 radical (unpaired) electrons. The van der Waals surface area contributed by atoms with E-state index >= 15 is 0 Å². The molecule has 3 aliphatic heterocycles. The van der Waals surface area contributed by atoms with Gasteiger partial charge in [0, 0.05) is 7.05 Å². The minimum Gasteiger partial charge on any atom is -0.444 e. The zero-order valence-corrected chi connectivity index (χ0v) is 18.3. The molecule has 0 aromatic carbocycles. The molecule has 1 aromatic heterocycles. The van der Waals surface area contributed by atoms with Gasteiger partial charge in [0.05, 0.1) is 31.2 Å². The summed E-state index contributed by atoms with van der Waals surface area (Å²) in [7, 11) is -2.31. The third-order valence-corrected chi connectivity index (χ3v) is 5.55. The van der Waals surface area contributed by atoms with E-state index < -0.39 is 32.9 Å². The molecule has 3 aliphatic rings. The van der Waals surface area contributed by atoms with Crippen LogP contribution in [0.3, 0.4) is 0 Å². The van der Waals surface area contributed by atoms with Gasteiger partial charge in [0.2, 0.25) is 5.75 Å². The van der Waals surface area contributed by atoms with Crippen molar-refractivity contribution in [2.75, 3.05) is 19.9 Å². The fourth-order valence-corrected chi connectivity index (χ4v) is 4.16. The Labute approximate surface area is 169 Å². The van der Waals surface area contributed by atoms with Crippen LogP contribution in [0.15, 0.2) is 4.79 Å². The molecule has 29 heavy (non-hydrogen) atoms. The Morgan fingerprint density at radius 2 is 2.03 bits per heavy atom. The summed E-state index contributed by atoms with van der Waals surface area (Å²) in [4.78, 5) is 31.8. The Bertz CT molecular complexity index is 986. The predicted molar refractivity (Wildman–Crippen MR) is 103 cm³/mol. The van der Waals surface area contributed by atoms with Crippen molar-refractivity contribution >= 4 is 16.2 Å². The molecule has 1 aromatic rings. The molecule has 11 heteroatoms. The van der Waals surface area contributed by atoms with Gasteiger partial charge in [-0.15, -0.1) is 0 Å². The predicted octanol–water partition coefficient (Wildman–Crippen LogP) is 1.14. The Balaban J connectivity index is 2.15. The van der Waals surface area contributed by atoms with Crippen molar-refractivity contribution in [3.8, 4) is 5.75 Å². The van der Waals surface area contributed by atoms with Crippen molar-refractivity contribution in [1.29, 1.82) is 0 Å². The molecule has 2 unspecified atom stereocenters. The van der Waals surface area contributed by atoms with E-state index in [9.17, 15) is 18.0 Å². The number of amides is 1. The highest BCUT2D eigenvalue weighted by Gasteiger charge is 2.50. The quantitative estimate of drug-likeness (QED) is 0.657. The van der Waals surface area contributed by atoms with E-state index in [0.717, 1.165) is 6.26 Å². The lowest BCUT2D eigenvalue weighted by atomic mass is 9.89. The van der Waals surface area contributed by atoms with Crippen LogP contribution in [-0.2, 0) is 31.7 Å². The Morgan fingerprint density at radius 3 is 2.55 bits per heavy atom. The Kier molecular flexibility index (Phi) is 5.19. The van der Waals surface area contributed by atoms with Gasteiger partial charge in [-0.25, -0.2) is 9.78 Å². The van der Waals surface area contributed by atoms with E-state index in [0.29, 0.717) is 18.7 Å². The van der Waals surface area contributed by atoms with Gasteiger partial charge >= 0.3 is 16.2 Å². The fourth-order valence-electron chi connectivity index (χ4n) is 3.67. The standard InChI is InChI=1S/C18H27N3O7S/c1-11-13(28-29(6,24)25)14(22)21-9-12-7-8-18(10-26-12,15(21)19-11)20(5)16(23)27-17(2,3)4/h12H,7-10H2,1-6H3. The molecule has 0 N–H and O–H groups in total. The van der Waals surface area contributed by atoms with E-state index in [1.54, 1.807) is 27.8 Å². The van der Waals surface area contributed by atoms with E-state index in [-0.39, 0.29) is 30.7 Å². The van der Waals surface area contributed by atoms with Crippen LogP contribution in [0.2, 0.25) is 0 Å². The summed E-state index contributed by atoms with van der Waals surface area (Å²) in [6, 6.07) is 0. The summed E-state index contributed by atoms with van der Waals surface area (Å²) in [5.41, 5.74) is -2.18. The number of hydrogen-bond donors (Lipinski definition) is 0. The maximum atomic E-state index is 13.1. The molecule has 1 saturated heterocycles. The lowest BCUT2D eigenvalue weighted by Gasteiger charge is -2.43. The van der Waals surface area contributed by atoms with E-state index in [4.69, 9.17) is 13.7 Å². The number of nitrogens with zero attached hydrogens (tertiary/aromatic N) is 3. The van der Waals surface area contributed by atoms with Crippen LogP contribution in [0.4, 0.5) is 4.79 Å². The lowest BCUT2D eigenvalue weighted by Crippen LogP contribution is -2.54. The lowest BCUT2D eigenvalue weighted by molar-refractivity contribution is -0.0813. The van der Waals surface area contributed by atoms with Gasteiger partial charge in [-0.3, -0.25) is 14.3 Å². The molecule has 4 heterocycles. The first-order valence-electron chi connectivity index (χ1n) is 9.33. The van der Waals surface area contributed by atoms with Crippen LogP contribution >= 0.6 is 0 Å². The first-order chi connectivity index (χ1) is 13.2. The molecule has 4 rings (SSSR count). The van der Waals surface area contributed by atoms with Crippen molar-refractivity contribution in [3.05, 3.63) is 21.9 Å². The van der Waals surface area contributed by atoms with Crippen LogP contribution < -0.4 is 9.74 Å². The van der Waals surface area contributed by atoms with Crippen LogP contribution in [0.5, 0.6) is 5.75 Å². The fraction of sp³-hybridized carbons (Fsp3) is 0.722. The number of carbonyl (C=O) groups is 1. The normalized spacial score (nSPS) is 23.9. The molecule has 2 bridgehead atoms. The monoisotopic (exact) mass is 429 g/mol. The van der Waals surface area contributed by atoms with Crippen molar-refractivity contribution in [2.24, 2.45) is 0 Å². The van der Waals surface area contributed by atoms with Crippen molar-refractivity contribution in [3.63, 3.8) is 0 Å². The second kappa shape index (κ2) is 6.98. The van der Waals surface area contributed by atoms with Gasteiger partial charge in [0.25, 0.3) is 5.56 Å². The number of rotatable bonds is 3. The first-order valence-corrected chi connectivity index (χ1v) is 11.1. The molecule has 1 fully saturated rings. The van der Waals surface area contributed by atoms with Crippen molar-refractivity contribution in [2.45, 2.75) is 64.3 Å². The number of likely N-dealkylation sites (N-methyl/N-ethyl adjacent to an activating group) is 1. The van der Waals surface area contributed by atoms with Crippen LogP contribution in [0.1, 0.15) is 45.1 Å². The summed E-state index contributed by atoms with van der Waals surface area (Å²) < 4.78 is 40.9. The molecule has 0 spiro atoms. The third kappa shape index (κ3) is 4.11. The van der Waals surface area contributed by atoms with Crippen LogP contribution in [0.25, 0.3) is 0 Å². The third-order valence-electron chi connectivity index (χ3n) is 5.08. The largest absolute Gasteiger partial charge is 0.444 e. The van der Waals surface area contributed by atoms with E-state index in [2.05, 4.69) is 4.98 Å². The topological polar surface area (TPSA) is 117 Å². The van der Waals surface area contributed by atoms with Gasteiger partial charge in [-0.1, -0.05) is 0 Å². The molecule has 1 amide bonds.